The van der Waals surface area contributed by atoms with E-state index in [1.54, 1.807) is 6.08 Å². The van der Waals surface area contributed by atoms with E-state index < -0.39 is 16.8 Å². The van der Waals surface area contributed by atoms with Gasteiger partial charge in [-0.25, -0.2) is 4.79 Å². The summed E-state index contributed by atoms with van der Waals surface area (Å²) in [4.78, 5) is 12.7. The summed E-state index contributed by atoms with van der Waals surface area (Å²) in [5.74, 6) is 0.500. The average molecular weight is 279 g/mol. The minimum atomic E-state index is -0.944. The third-order valence-corrected chi connectivity index (χ3v) is 4.43. The van der Waals surface area contributed by atoms with E-state index in [1.807, 2.05) is 25.1 Å². The quantitative estimate of drug-likeness (QED) is 0.855. The number of anilines is 1. The van der Waals surface area contributed by atoms with E-state index >= 15 is 0 Å². The van der Waals surface area contributed by atoms with Gasteiger partial charge in [0.2, 0.25) is 0 Å². The standard InChI is InChI=1S/C14H17NO3S/c1-11-10-12(3-5-14(16)17)2-4-13(11)15-6-8-19(18)9-7-15/h2-5,10H,6-9H2,1H3,(H,16,17)/b5-3+. The lowest BCUT2D eigenvalue weighted by Gasteiger charge is -2.29. The summed E-state index contributed by atoms with van der Waals surface area (Å²) < 4.78 is 11.3. The number of rotatable bonds is 3. The highest BCUT2D eigenvalue weighted by molar-refractivity contribution is 7.85. The molecule has 0 aromatic heterocycles. The number of nitrogens with zero attached hydrogens (tertiary/aromatic N) is 1. The predicted octanol–water partition coefficient (Wildman–Crippen LogP) is 1.66. The largest absolute Gasteiger partial charge is 0.478 e. The third kappa shape index (κ3) is 3.67. The molecule has 102 valence electrons. The van der Waals surface area contributed by atoms with E-state index in [0.717, 1.165) is 47.5 Å². The fourth-order valence-electron chi connectivity index (χ4n) is 2.18. The van der Waals surface area contributed by atoms with Gasteiger partial charge in [-0.15, -0.1) is 0 Å². The van der Waals surface area contributed by atoms with Crippen LogP contribution in [0.15, 0.2) is 24.3 Å². The van der Waals surface area contributed by atoms with Crippen molar-refractivity contribution >= 4 is 28.5 Å². The number of aliphatic carboxylic acids is 1. The zero-order valence-corrected chi connectivity index (χ0v) is 11.7. The van der Waals surface area contributed by atoms with Crippen molar-refractivity contribution in [1.29, 1.82) is 0 Å². The molecule has 1 aromatic carbocycles. The Kier molecular flexibility index (Phi) is 4.37. The minimum Gasteiger partial charge on any atom is -0.478 e. The lowest BCUT2D eigenvalue weighted by molar-refractivity contribution is -0.131. The Morgan fingerprint density at radius 1 is 1.37 bits per heavy atom. The highest BCUT2D eigenvalue weighted by atomic mass is 32.2. The van der Waals surface area contributed by atoms with Gasteiger partial charge in [-0.1, -0.05) is 6.07 Å². The molecule has 1 heterocycles. The smallest absolute Gasteiger partial charge is 0.328 e. The summed E-state index contributed by atoms with van der Waals surface area (Å²) in [6.07, 6.45) is 2.73. The van der Waals surface area contributed by atoms with Crippen LogP contribution in [0.5, 0.6) is 0 Å². The molecule has 0 bridgehead atoms. The molecule has 1 N–H and O–H groups in total. The molecule has 1 aromatic rings. The molecular weight excluding hydrogens is 262 g/mol. The molecule has 0 spiro atoms. The number of carbonyl (C=O) groups is 1. The highest BCUT2D eigenvalue weighted by Gasteiger charge is 2.16. The summed E-state index contributed by atoms with van der Waals surface area (Å²) in [6.45, 7) is 3.65. The first-order valence-corrected chi connectivity index (χ1v) is 7.66. The molecule has 0 atom stereocenters. The average Bonchev–Trinajstić information content (AvgIpc) is 2.38. The monoisotopic (exact) mass is 279 g/mol. The van der Waals surface area contributed by atoms with Crippen LogP contribution in [0.1, 0.15) is 11.1 Å². The van der Waals surface area contributed by atoms with Crippen molar-refractivity contribution in [3.63, 3.8) is 0 Å². The fourth-order valence-corrected chi connectivity index (χ4v) is 3.24. The zero-order chi connectivity index (χ0) is 13.8. The Labute approximate surface area is 115 Å². The van der Waals surface area contributed by atoms with Gasteiger partial charge in [-0.2, -0.15) is 0 Å². The number of aryl methyl sites for hydroxylation is 1. The zero-order valence-electron chi connectivity index (χ0n) is 10.8. The number of carboxylic acids is 1. The second-order valence-corrected chi connectivity index (χ2v) is 6.25. The predicted molar refractivity (Wildman–Crippen MR) is 77.9 cm³/mol. The molecule has 0 amide bonds. The topological polar surface area (TPSA) is 57.6 Å². The molecule has 0 radical (unpaired) electrons. The fraction of sp³-hybridized carbons (Fsp3) is 0.357. The lowest BCUT2D eigenvalue weighted by Crippen LogP contribution is -2.38. The van der Waals surface area contributed by atoms with Gasteiger partial charge >= 0.3 is 5.97 Å². The lowest BCUT2D eigenvalue weighted by atomic mass is 10.1. The molecule has 5 heteroatoms. The van der Waals surface area contributed by atoms with Crippen LogP contribution in [-0.4, -0.2) is 39.9 Å². The van der Waals surface area contributed by atoms with Crippen molar-refractivity contribution in [2.24, 2.45) is 0 Å². The van der Waals surface area contributed by atoms with Crippen molar-refractivity contribution in [2.45, 2.75) is 6.92 Å². The summed E-state index contributed by atoms with van der Waals surface area (Å²) in [5.41, 5.74) is 3.13. The van der Waals surface area contributed by atoms with Gasteiger partial charge in [-0.05, 0) is 36.3 Å². The van der Waals surface area contributed by atoms with Crippen molar-refractivity contribution < 1.29 is 14.1 Å². The van der Waals surface area contributed by atoms with E-state index in [2.05, 4.69) is 4.90 Å². The minimum absolute atomic E-state index is 0.672. The van der Waals surface area contributed by atoms with Crippen LogP contribution in [0.25, 0.3) is 6.08 Å². The van der Waals surface area contributed by atoms with Gasteiger partial charge in [0.05, 0.1) is 0 Å². The van der Waals surface area contributed by atoms with Crippen LogP contribution >= 0.6 is 0 Å². The van der Waals surface area contributed by atoms with Crippen LogP contribution in [0.4, 0.5) is 5.69 Å². The summed E-state index contributed by atoms with van der Waals surface area (Å²) in [7, 11) is -0.672. The van der Waals surface area contributed by atoms with Crippen LogP contribution in [0, 0.1) is 6.92 Å². The summed E-state index contributed by atoms with van der Waals surface area (Å²) in [5, 5.41) is 8.60. The van der Waals surface area contributed by atoms with Crippen molar-refractivity contribution in [2.75, 3.05) is 29.5 Å². The Morgan fingerprint density at radius 2 is 2.05 bits per heavy atom. The molecule has 1 saturated heterocycles. The molecule has 0 unspecified atom stereocenters. The number of carboxylic acid groups (broad SMARTS) is 1. The van der Waals surface area contributed by atoms with E-state index in [-0.39, 0.29) is 0 Å². The maximum atomic E-state index is 11.3. The van der Waals surface area contributed by atoms with Crippen LogP contribution in [0.3, 0.4) is 0 Å². The van der Waals surface area contributed by atoms with E-state index in [4.69, 9.17) is 5.11 Å². The van der Waals surface area contributed by atoms with E-state index in [0.29, 0.717) is 0 Å². The maximum absolute atomic E-state index is 11.3. The van der Waals surface area contributed by atoms with E-state index in [9.17, 15) is 9.00 Å². The van der Waals surface area contributed by atoms with Gasteiger partial charge in [0.25, 0.3) is 0 Å². The first-order valence-electron chi connectivity index (χ1n) is 6.18. The van der Waals surface area contributed by atoms with Crippen LogP contribution in [0.2, 0.25) is 0 Å². The molecule has 2 rings (SSSR count). The Morgan fingerprint density at radius 3 is 2.63 bits per heavy atom. The summed E-state index contributed by atoms with van der Waals surface area (Å²) in [6, 6.07) is 5.89. The molecule has 1 aliphatic heterocycles. The molecule has 0 aliphatic carbocycles. The molecular formula is C14H17NO3S. The number of hydrogen-bond acceptors (Lipinski definition) is 3. The SMILES string of the molecule is Cc1cc(/C=C/C(=O)O)ccc1N1CCS(=O)CC1. The highest BCUT2D eigenvalue weighted by Crippen LogP contribution is 2.23. The number of benzene rings is 1. The van der Waals surface area contributed by atoms with Gasteiger partial charge in [0.15, 0.2) is 0 Å². The number of hydrogen-bond donors (Lipinski definition) is 1. The maximum Gasteiger partial charge on any atom is 0.328 e. The molecule has 4 nitrogen and oxygen atoms in total. The Balaban J connectivity index is 2.15. The van der Waals surface area contributed by atoms with Gasteiger partial charge in [-0.3, -0.25) is 4.21 Å². The van der Waals surface area contributed by atoms with Crippen molar-refractivity contribution in [1.82, 2.24) is 0 Å². The van der Waals surface area contributed by atoms with Gasteiger partial charge in [0, 0.05) is 47.2 Å². The Hall–Kier alpha value is -1.62. The first-order chi connectivity index (χ1) is 9.06. The Bertz CT molecular complexity index is 529. The first kappa shape index (κ1) is 13.8. The van der Waals surface area contributed by atoms with Gasteiger partial charge in [0.1, 0.15) is 0 Å². The third-order valence-electron chi connectivity index (χ3n) is 3.16. The van der Waals surface area contributed by atoms with E-state index in [1.165, 1.54) is 0 Å². The normalized spacial score (nSPS) is 17.0. The molecule has 1 aliphatic rings. The summed E-state index contributed by atoms with van der Waals surface area (Å²) >= 11 is 0. The second kappa shape index (κ2) is 6.02. The second-order valence-electron chi connectivity index (χ2n) is 4.55. The molecule has 0 saturated carbocycles. The molecule has 19 heavy (non-hydrogen) atoms. The van der Waals surface area contributed by atoms with Crippen LogP contribution < -0.4 is 4.90 Å². The van der Waals surface area contributed by atoms with Crippen molar-refractivity contribution in [3.05, 3.63) is 35.4 Å². The van der Waals surface area contributed by atoms with Crippen LogP contribution in [-0.2, 0) is 15.6 Å². The van der Waals surface area contributed by atoms with Gasteiger partial charge < -0.3 is 10.0 Å². The molecule has 1 fully saturated rings. The van der Waals surface area contributed by atoms with Crippen molar-refractivity contribution in [3.8, 4) is 0 Å².